The maximum absolute atomic E-state index is 13.4. The van der Waals surface area contributed by atoms with Crippen molar-refractivity contribution in [1.29, 1.82) is 5.26 Å². The second kappa shape index (κ2) is 7.45. The Balaban J connectivity index is 1.62. The predicted molar refractivity (Wildman–Crippen MR) is 112 cm³/mol. The van der Waals surface area contributed by atoms with E-state index in [2.05, 4.69) is 6.07 Å². The molecule has 6 nitrogen and oxygen atoms in total. The minimum atomic E-state index is -0.819. The molecule has 1 amide bonds. The van der Waals surface area contributed by atoms with E-state index in [1.54, 1.807) is 12.3 Å². The van der Waals surface area contributed by atoms with E-state index in [1.807, 2.05) is 66.7 Å². The summed E-state index contributed by atoms with van der Waals surface area (Å²) in [6.45, 7) is 0. The smallest absolute Gasteiger partial charge is 0.254 e. The third-order valence-corrected chi connectivity index (χ3v) is 5.37. The summed E-state index contributed by atoms with van der Waals surface area (Å²) in [5.41, 5.74) is 2.33. The molecule has 3 unspecified atom stereocenters. The van der Waals surface area contributed by atoms with Crippen molar-refractivity contribution < 1.29 is 9.21 Å². The standard InChI is InChI=1S/C24H18N4O2/c25-15-20-21(16-8-3-1-4-9-16)27-22(17-10-5-2-6-11-17)23-26-19(24(29)28(20)23)14-18-12-7-13-30-18/h1-13,19-20,22H,14H2. The van der Waals surface area contributed by atoms with E-state index in [9.17, 15) is 10.1 Å². The number of benzene rings is 2. The van der Waals surface area contributed by atoms with Crippen molar-refractivity contribution >= 4 is 17.5 Å². The first kappa shape index (κ1) is 18.1. The van der Waals surface area contributed by atoms with Gasteiger partial charge in [-0.05, 0) is 23.3 Å². The lowest BCUT2D eigenvalue weighted by atomic mass is 9.95. The number of hydrogen-bond acceptors (Lipinski definition) is 5. The molecule has 3 aromatic rings. The fourth-order valence-electron chi connectivity index (χ4n) is 3.97. The zero-order valence-corrected chi connectivity index (χ0v) is 16.1. The number of amides is 1. The van der Waals surface area contributed by atoms with E-state index in [0.717, 1.165) is 11.1 Å². The second-order valence-corrected chi connectivity index (χ2v) is 7.22. The molecule has 5 rings (SSSR count). The van der Waals surface area contributed by atoms with Gasteiger partial charge in [0.1, 0.15) is 23.7 Å². The zero-order valence-electron chi connectivity index (χ0n) is 16.1. The van der Waals surface area contributed by atoms with Gasteiger partial charge in [-0.1, -0.05) is 60.7 Å². The Labute approximate surface area is 173 Å². The Hall–Kier alpha value is -3.98. The minimum absolute atomic E-state index is 0.197. The van der Waals surface area contributed by atoms with Gasteiger partial charge in [0.2, 0.25) is 0 Å². The Morgan fingerprint density at radius 3 is 2.37 bits per heavy atom. The van der Waals surface area contributed by atoms with Gasteiger partial charge in [0.05, 0.1) is 18.0 Å². The second-order valence-electron chi connectivity index (χ2n) is 7.22. The highest BCUT2D eigenvalue weighted by Crippen LogP contribution is 2.34. The summed E-state index contributed by atoms with van der Waals surface area (Å²) < 4.78 is 5.42. The lowest BCUT2D eigenvalue weighted by Gasteiger charge is -2.33. The van der Waals surface area contributed by atoms with Gasteiger partial charge in [-0.15, -0.1) is 0 Å². The summed E-state index contributed by atoms with van der Waals surface area (Å²) in [6, 6.07) is 23.3. The first-order chi connectivity index (χ1) is 14.8. The van der Waals surface area contributed by atoms with Gasteiger partial charge in [0, 0.05) is 6.42 Å². The summed E-state index contributed by atoms with van der Waals surface area (Å²) in [5.74, 6) is 1.01. The Morgan fingerprint density at radius 2 is 1.70 bits per heavy atom. The molecule has 146 valence electrons. The number of furan rings is 1. The minimum Gasteiger partial charge on any atom is -0.469 e. The molecule has 2 aliphatic rings. The van der Waals surface area contributed by atoms with E-state index in [4.69, 9.17) is 14.4 Å². The lowest BCUT2D eigenvalue weighted by Crippen LogP contribution is -2.51. The molecule has 6 heteroatoms. The molecule has 30 heavy (non-hydrogen) atoms. The quantitative estimate of drug-likeness (QED) is 0.678. The normalized spacial score (nSPS) is 22.8. The molecule has 2 aromatic carbocycles. The largest absolute Gasteiger partial charge is 0.469 e. The Kier molecular flexibility index (Phi) is 4.49. The van der Waals surface area contributed by atoms with Crippen LogP contribution in [0.5, 0.6) is 0 Å². The first-order valence-corrected chi connectivity index (χ1v) is 9.77. The van der Waals surface area contributed by atoms with Crippen molar-refractivity contribution in [3.63, 3.8) is 0 Å². The van der Waals surface area contributed by atoms with Crippen molar-refractivity contribution in [2.45, 2.75) is 24.5 Å². The zero-order chi connectivity index (χ0) is 20.5. The highest BCUT2D eigenvalue weighted by molar-refractivity contribution is 6.19. The number of rotatable bonds is 4. The van der Waals surface area contributed by atoms with Crippen LogP contribution < -0.4 is 0 Å². The maximum Gasteiger partial charge on any atom is 0.254 e. The molecule has 1 aromatic heterocycles. The van der Waals surface area contributed by atoms with Crippen LogP contribution in [0.1, 0.15) is 22.9 Å². The predicted octanol–water partition coefficient (Wildman–Crippen LogP) is 3.57. The van der Waals surface area contributed by atoms with Crippen molar-refractivity contribution in [1.82, 2.24) is 4.90 Å². The molecule has 0 fully saturated rings. The molecule has 3 heterocycles. The Morgan fingerprint density at radius 1 is 0.967 bits per heavy atom. The van der Waals surface area contributed by atoms with E-state index >= 15 is 0 Å². The highest BCUT2D eigenvalue weighted by Gasteiger charge is 2.47. The van der Waals surface area contributed by atoms with Crippen LogP contribution in [0.2, 0.25) is 0 Å². The average Bonchev–Trinajstić information content (AvgIpc) is 3.42. The summed E-state index contributed by atoms with van der Waals surface area (Å²) in [5, 5.41) is 9.99. The summed E-state index contributed by atoms with van der Waals surface area (Å²) in [7, 11) is 0. The van der Waals surface area contributed by atoms with Gasteiger partial charge in [-0.3, -0.25) is 19.7 Å². The van der Waals surface area contributed by atoms with Crippen molar-refractivity contribution in [2.24, 2.45) is 9.98 Å². The van der Waals surface area contributed by atoms with Crippen molar-refractivity contribution in [2.75, 3.05) is 0 Å². The fraction of sp³-hybridized carbons (Fsp3) is 0.167. The van der Waals surface area contributed by atoms with E-state index < -0.39 is 18.1 Å². The van der Waals surface area contributed by atoms with E-state index in [1.165, 1.54) is 4.90 Å². The molecular formula is C24H18N4O2. The van der Waals surface area contributed by atoms with Crippen LogP contribution in [0.3, 0.4) is 0 Å². The molecule has 0 bridgehead atoms. The number of carbonyl (C=O) groups excluding carboxylic acids is 1. The molecule has 0 aliphatic carbocycles. The maximum atomic E-state index is 13.4. The van der Waals surface area contributed by atoms with E-state index in [-0.39, 0.29) is 5.91 Å². The van der Waals surface area contributed by atoms with Crippen LogP contribution in [-0.2, 0) is 11.2 Å². The molecule has 0 radical (unpaired) electrons. The number of nitrogens with zero attached hydrogens (tertiary/aromatic N) is 4. The summed E-state index contributed by atoms with van der Waals surface area (Å²) in [4.78, 5) is 24.5. The number of fused-ring (bicyclic) bond motifs is 1. The molecule has 0 saturated carbocycles. The van der Waals surface area contributed by atoms with Crippen LogP contribution >= 0.6 is 0 Å². The van der Waals surface area contributed by atoms with Crippen molar-refractivity contribution in [3.8, 4) is 6.07 Å². The lowest BCUT2D eigenvalue weighted by molar-refractivity contribution is -0.127. The van der Waals surface area contributed by atoms with E-state index in [0.29, 0.717) is 23.7 Å². The van der Waals surface area contributed by atoms with Crippen LogP contribution in [-0.4, -0.2) is 34.4 Å². The third kappa shape index (κ3) is 3.01. The number of aliphatic imine (C=N–C) groups is 2. The number of nitriles is 1. The van der Waals surface area contributed by atoms with Gasteiger partial charge in [-0.25, -0.2) is 0 Å². The fourth-order valence-corrected chi connectivity index (χ4v) is 3.97. The first-order valence-electron chi connectivity index (χ1n) is 9.77. The average molecular weight is 394 g/mol. The van der Waals surface area contributed by atoms with Gasteiger partial charge in [0.15, 0.2) is 6.04 Å². The van der Waals surface area contributed by atoms with Gasteiger partial charge in [0.25, 0.3) is 5.91 Å². The molecular weight excluding hydrogens is 376 g/mol. The van der Waals surface area contributed by atoms with Gasteiger partial charge < -0.3 is 4.42 Å². The Bertz CT molecular complexity index is 1160. The SMILES string of the molecule is N#CC1C(c2ccccc2)=NC(c2ccccc2)C2=NC(Cc3ccco3)C(=O)N21. The van der Waals surface area contributed by atoms with Crippen LogP contribution in [0.4, 0.5) is 0 Å². The van der Waals surface area contributed by atoms with Crippen LogP contribution in [0, 0.1) is 11.3 Å². The van der Waals surface area contributed by atoms with Crippen molar-refractivity contribution in [3.05, 3.63) is 95.9 Å². The third-order valence-electron chi connectivity index (χ3n) is 5.37. The molecule has 2 aliphatic heterocycles. The van der Waals surface area contributed by atoms with Crippen LogP contribution in [0.15, 0.2) is 93.5 Å². The highest BCUT2D eigenvalue weighted by atomic mass is 16.3. The molecule has 0 spiro atoms. The van der Waals surface area contributed by atoms with Gasteiger partial charge in [-0.2, -0.15) is 5.26 Å². The topological polar surface area (TPSA) is 82.0 Å². The number of hydrogen-bond donors (Lipinski definition) is 0. The molecule has 0 N–H and O–H groups in total. The monoisotopic (exact) mass is 394 g/mol. The number of amidine groups is 1. The molecule has 0 saturated heterocycles. The summed E-state index contributed by atoms with van der Waals surface area (Å²) >= 11 is 0. The number of carbonyl (C=O) groups is 1. The molecule has 3 atom stereocenters. The summed E-state index contributed by atoms with van der Waals surface area (Å²) in [6.07, 6.45) is 1.93. The van der Waals surface area contributed by atoms with Gasteiger partial charge >= 0.3 is 0 Å². The van der Waals surface area contributed by atoms with Crippen LogP contribution in [0.25, 0.3) is 0 Å².